The van der Waals surface area contributed by atoms with E-state index < -0.39 is 5.97 Å². The van der Waals surface area contributed by atoms with Gasteiger partial charge in [0, 0.05) is 20.2 Å². The summed E-state index contributed by atoms with van der Waals surface area (Å²) in [6.07, 6.45) is 0.972. The van der Waals surface area contributed by atoms with Crippen LogP contribution >= 0.6 is 11.8 Å². The lowest BCUT2D eigenvalue weighted by Crippen LogP contribution is -2.31. The average molecular weight is 365 g/mol. The van der Waals surface area contributed by atoms with E-state index in [2.05, 4.69) is 21.8 Å². The lowest BCUT2D eigenvalue weighted by molar-refractivity contribution is -0.145. The second-order valence-corrected chi connectivity index (χ2v) is 6.27. The van der Waals surface area contributed by atoms with Crippen molar-refractivity contribution in [2.45, 2.75) is 25.0 Å². The summed E-state index contributed by atoms with van der Waals surface area (Å²) >= 11 is 1.32. The van der Waals surface area contributed by atoms with E-state index in [4.69, 9.17) is 9.47 Å². The number of fused-ring (bicyclic) bond motifs is 1. The smallest absolute Gasteiger partial charge is 0.316 e. The number of nitrogens with one attached hydrogen (secondary N) is 1. The van der Waals surface area contributed by atoms with E-state index in [0.717, 1.165) is 29.2 Å². The van der Waals surface area contributed by atoms with Crippen LogP contribution < -0.4 is 5.32 Å². The fraction of sp³-hybridized carbons (Fsp3) is 0.471. The number of hydrogen-bond acceptors (Lipinski definition) is 6. The lowest BCUT2D eigenvalue weighted by atomic mass is 10.3. The number of imidazole rings is 1. The summed E-state index contributed by atoms with van der Waals surface area (Å²) in [7, 11) is 1.55. The van der Waals surface area contributed by atoms with Crippen LogP contribution in [-0.4, -0.2) is 54.0 Å². The monoisotopic (exact) mass is 365 g/mol. The number of aryl methyl sites for hydroxylation is 1. The largest absolute Gasteiger partial charge is 0.455 e. The molecule has 136 valence electrons. The number of ether oxygens (including phenoxy) is 2. The van der Waals surface area contributed by atoms with Crippen LogP contribution in [0, 0.1) is 0 Å². The van der Waals surface area contributed by atoms with Gasteiger partial charge in [-0.1, -0.05) is 30.8 Å². The molecule has 0 radical (unpaired) electrons. The predicted octanol–water partition coefficient (Wildman–Crippen LogP) is 1.84. The molecule has 0 saturated carbocycles. The topological polar surface area (TPSA) is 82.5 Å². The number of carbonyl (C=O) groups excluding carboxylic acids is 2. The fourth-order valence-corrected chi connectivity index (χ4v) is 3.10. The molecule has 0 fully saturated rings. The van der Waals surface area contributed by atoms with Gasteiger partial charge in [-0.15, -0.1) is 0 Å². The van der Waals surface area contributed by atoms with Crippen LogP contribution in [0.3, 0.4) is 0 Å². The fourth-order valence-electron chi connectivity index (χ4n) is 2.26. The van der Waals surface area contributed by atoms with Gasteiger partial charge in [-0.2, -0.15) is 0 Å². The van der Waals surface area contributed by atoms with Crippen molar-refractivity contribution in [3.8, 4) is 0 Å². The molecule has 0 saturated heterocycles. The summed E-state index contributed by atoms with van der Waals surface area (Å²) in [6.45, 7) is 3.46. The first-order valence-corrected chi connectivity index (χ1v) is 9.13. The SMILES string of the molecule is CCCn1c(SCC(=O)OCC(=O)NCCOC)nc2ccccc21. The quantitative estimate of drug-likeness (QED) is 0.393. The molecule has 1 N–H and O–H groups in total. The number of benzene rings is 1. The minimum absolute atomic E-state index is 0.110. The van der Waals surface area contributed by atoms with Crippen LogP contribution in [0.1, 0.15) is 13.3 Å². The van der Waals surface area contributed by atoms with Crippen LogP contribution in [-0.2, 0) is 25.6 Å². The molecule has 1 aromatic heterocycles. The Morgan fingerprint density at radius 3 is 2.88 bits per heavy atom. The van der Waals surface area contributed by atoms with Gasteiger partial charge in [0.25, 0.3) is 5.91 Å². The van der Waals surface area contributed by atoms with E-state index in [1.807, 2.05) is 24.3 Å². The van der Waals surface area contributed by atoms with Crippen molar-refractivity contribution in [3.63, 3.8) is 0 Å². The average Bonchev–Trinajstić information content (AvgIpc) is 2.96. The molecule has 0 spiro atoms. The standard InChI is InChI=1S/C17H23N3O4S/c1-3-9-20-14-7-5-4-6-13(14)19-17(20)25-12-16(22)24-11-15(21)18-8-10-23-2/h4-7H,3,8-12H2,1-2H3,(H,18,21). The van der Waals surface area contributed by atoms with Crippen molar-refractivity contribution in [1.29, 1.82) is 0 Å². The van der Waals surface area contributed by atoms with E-state index in [0.29, 0.717) is 13.2 Å². The zero-order valence-corrected chi connectivity index (χ0v) is 15.3. The number of para-hydroxylation sites is 2. The highest BCUT2D eigenvalue weighted by Gasteiger charge is 2.13. The van der Waals surface area contributed by atoms with Gasteiger partial charge < -0.3 is 19.4 Å². The molecular formula is C17H23N3O4S. The van der Waals surface area contributed by atoms with Gasteiger partial charge in [-0.3, -0.25) is 9.59 Å². The van der Waals surface area contributed by atoms with Crippen LogP contribution in [0.5, 0.6) is 0 Å². The maximum absolute atomic E-state index is 11.9. The number of rotatable bonds is 10. The van der Waals surface area contributed by atoms with Crippen molar-refractivity contribution in [1.82, 2.24) is 14.9 Å². The first kappa shape index (κ1) is 19.3. The number of amides is 1. The predicted molar refractivity (Wildman–Crippen MR) is 96.6 cm³/mol. The van der Waals surface area contributed by atoms with Gasteiger partial charge in [-0.25, -0.2) is 4.98 Å². The normalized spacial score (nSPS) is 10.8. The van der Waals surface area contributed by atoms with Gasteiger partial charge in [0.05, 0.1) is 23.4 Å². The van der Waals surface area contributed by atoms with Crippen LogP contribution in [0.15, 0.2) is 29.4 Å². The molecule has 8 heteroatoms. The second kappa shape index (κ2) is 10.0. The Hall–Kier alpha value is -2.06. The Bertz CT molecular complexity index is 717. The number of thioether (sulfide) groups is 1. The third-order valence-electron chi connectivity index (χ3n) is 3.38. The molecule has 1 heterocycles. The van der Waals surface area contributed by atoms with Crippen LogP contribution in [0.25, 0.3) is 11.0 Å². The third-order valence-corrected chi connectivity index (χ3v) is 4.33. The molecule has 0 atom stereocenters. The highest BCUT2D eigenvalue weighted by molar-refractivity contribution is 7.99. The van der Waals surface area contributed by atoms with Crippen molar-refractivity contribution < 1.29 is 19.1 Å². The van der Waals surface area contributed by atoms with Crippen LogP contribution in [0.4, 0.5) is 0 Å². The van der Waals surface area contributed by atoms with Crippen molar-refractivity contribution in [2.24, 2.45) is 0 Å². The van der Waals surface area contributed by atoms with E-state index in [1.165, 1.54) is 11.8 Å². The van der Waals surface area contributed by atoms with Crippen molar-refractivity contribution in [2.75, 3.05) is 32.6 Å². The lowest BCUT2D eigenvalue weighted by Gasteiger charge is -2.08. The second-order valence-electron chi connectivity index (χ2n) is 5.33. The maximum atomic E-state index is 11.9. The number of hydrogen-bond donors (Lipinski definition) is 1. The van der Waals surface area contributed by atoms with Crippen molar-refractivity contribution in [3.05, 3.63) is 24.3 Å². The molecule has 0 aliphatic heterocycles. The first-order chi connectivity index (χ1) is 12.2. The Kier molecular flexibility index (Phi) is 7.75. The van der Waals surface area contributed by atoms with Gasteiger partial charge in [0.2, 0.25) is 0 Å². The Morgan fingerprint density at radius 1 is 1.32 bits per heavy atom. The Labute approximate surface area is 151 Å². The third kappa shape index (κ3) is 5.75. The molecule has 2 rings (SSSR count). The molecule has 7 nitrogen and oxygen atoms in total. The van der Waals surface area contributed by atoms with Crippen molar-refractivity contribution >= 4 is 34.7 Å². The molecule has 0 aliphatic carbocycles. The minimum Gasteiger partial charge on any atom is -0.455 e. The van der Waals surface area contributed by atoms with Gasteiger partial charge >= 0.3 is 5.97 Å². The summed E-state index contributed by atoms with van der Waals surface area (Å²) in [6, 6.07) is 7.89. The molecule has 0 unspecified atom stereocenters. The Balaban J connectivity index is 1.86. The summed E-state index contributed by atoms with van der Waals surface area (Å²) < 4.78 is 11.9. The Morgan fingerprint density at radius 2 is 2.12 bits per heavy atom. The summed E-state index contributed by atoms with van der Waals surface area (Å²) in [5.41, 5.74) is 1.96. The van der Waals surface area contributed by atoms with Gasteiger partial charge in [0.1, 0.15) is 0 Å². The zero-order chi connectivity index (χ0) is 18.1. The molecule has 0 aliphatic rings. The van der Waals surface area contributed by atoms with E-state index in [1.54, 1.807) is 7.11 Å². The molecule has 25 heavy (non-hydrogen) atoms. The molecular weight excluding hydrogens is 342 g/mol. The number of esters is 1. The summed E-state index contributed by atoms with van der Waals surface area (Å²) in [5.74, 6) is -0.672. The number of carbonyl (C=O) groups is 2. The van der Waals surface area contributed by atoms with E-state index in [9.17, 15) is 9.59 Å². The minimum atomic E-state index is -0.443. The molecule has 1 amide bonds. The maximum Gasteiger partial charge on any atom is 0.316 e. The highest BCUT2D eigenvalue weighted by Crippen LogP contribution is 2.24. The van der Waals surface area contributed by atoms with Crippen LogP contribution in [0.2, 0.25) is 0 Å². The van der Waals surface area contributed by atoms with E-state index >= 15 is 0 Å². The summed E-state index contributed by atoms with van der Waals surface area (Å²) in [4.78, 5) is 27.9. The molecule has 1 aromatic carbocycles. The first-order valence-electron chi connectivity index (χ1n) is 8.15. The van der Waals surface area contributed by atoms with E-state index in [-0.39, 0.29) is 18.3 Å². The molecule has 2 aromatic rings. The van der Waals surface area contributed by atoms with Gasteiger partial charge in [-0.05, 0) is 18.6 Å². The highest BCUT2D eigenvalue weighted by atomic mass is 32.2. The number of methoxy groups -OCH3 is 1. The zero-order valence-electron chi connectivity index (χ0n) is 14.5. The van der Waals surface area contributed by atoms with Gasteiger partial charge in [0.15, 0.2) is 11.8 Å². The summed E-state index contributed by atoms with van der Waals surface area (Å²) in [5, 5.41) is 3.37. The number of nitrogens with zero attached hydrogens (tertiary/aromatic N) is 2. The number of aromatic nitrogens is 2. The molecule has 0 bridgehead atoms.